The maximum Gasteiger partial charge on any atom is 0.243 e. The van der Waals surface area contributed by atoms with Crippen molar-refractivity contribution in [2.24, 2.45) is 11.7 Å². The van der Waals surface area contributed by atoms with Gasteiger partial charge in [0.15, 0.2) is 0 Å². The van der Waals surface area contributed by atoms with Crippen LogP contribution in [-0.4, -0.2) is 37.5 Å². The fourth-order valence-corrected chi connectivity index (χ4v) is 3.17. The number of hydrogen-bond acceptors (Lipinski definition) is 3. The van der Waals surface area contributed by atoms with Crippen LogP contribution in [0.4, 0.5) is 0 Å². The van der Waals surface area contributed by atoms with Gasteiger partial charge in [0.1, 0.15) is 5.54 Å². The van der Waals surface area contributed by atoms with Gasteiger partial charge < -0.3 is 10.6 Å². The maximum absolute atomic E-state index is 12.2. The third-order valence-electron chi connectivity index (χ3n) is 4.47. The van der Waals surface area contributed by atoms with E-state index in [9.17, 15) is 4.79 Å². The fraction of sp³-hybridized carbons (Fsp3) is 0.588. The van der Waals surface area contributed by atoms with E-state index >= 15 is 0 Å². The molecule has 1 amide bonds. The van der Waals surface area contributed by atoms with Gasteiger partial charge in [0.05, 0.1) is 0 Å². The lowest BCUT2D eigenvalue weighted by Crippen LogP contribution is -2.59. The predicted molar refractivity (Wildman–Crippen MR) is 85.8 cm³/mol. The van der Waals surface area contributed by atoms with Crippen molar-refractivity contribution < 1.29 is 4.79 Å². The van der Waals surface area contributed by atoms with Gasteiger partial charge in [-0.05, 0) is 37.9 Å². The van der Waals surface area contributed by atoms with E-state index in [4.69, 9.17) is 5.73 Å². The number of nitrogens with zero attached hydrogens (tertiary/aromatic N) is 1. The first-order chi connectivity index (χ1) is 10.1. The van der Waals surface area contributed by atoms with Gasteiger partial charge in [-0.3, -0.25) is 10.1 Å². The third kappa shape index (κ3) is 3.63. The molecule has 0 bridgehead atoms. The van der Waals surface area contributed by atoms with Crippen LogP contribution in [0, 0.1) is 5.92 Å². The first-order valence-corrected chi connectivity index (χ1v) is 7.87. The Morgan fingerprint density at radius 2 is 2.05 bits per heavy atom. The lowest BCUT2D eigenvalue weighted by molar-refractivity contribution is -0.125. The molecule has 4 nitrogen and oxygen atoms in total. The maximum atomic E-state index is 12.2. The van der Waals surface area contributed by atoms with Crippen LogP contribution in [-0.2, 0) is 10.3 Å². The molecule has 1 fully saturated rings. The van der Waals surface area contributed by atoms with E-state index in [-0.39, 0.29) is 5.91 Å². The minimum absolute atomic E-state index is 0.309. The molecule has 3 N–H and O–H groups in total. The minimum Gasteiger partial charge on any atom is -0.368 e. The molecule has 0 aromatic heterocycles. The molecule has 116 valence electrons. The number of nitrogens with two attached hydrogens (primary N) is 1. The normalized spacial score (nSPS) is 18.2. The van der Waals surface area contributed by atoms with Crippen molar-refractivity contribution in [3.63, 3.8) is 0 Å². The van der Waals surface area contributed by atoms with E-state index in [1.165, 1.54) is 19.3 Å². The van der Waals surface area contributed by atoms with E-state index in [0.717, 1.165) is 18.0 Å². The molecule has 1 unspecified atom stereocenters. The summed E-state index contributed by atoms with van der Waals surface area (Å²) >= 11 is 0. The van der Waals surface area contributed by atoms with E-state index in [1.807, 2.05) is 37.3 Å². The summed E-state index contributed by atoms with van der Waals surface area (Å²) < 4.78 is 0. The monoisotopic (exact) mass is 289 g/mol. The summed E-state index contributed by atoms with van der Waals surface area (Å²) in [4.78, 5) is 14.5. The molecule has 1 saturated carbocycles. The molecule has 0 heterocycles. The second-order valence-corrected chi connectivity index (χ2v) is 6.16. The molecule has 1 aromatic carbocycles. The summed E-state index contributed by atoms with van der Waals surface area (Å²) in [5, 5.41) is 3.34. The Labute approximate surface area is 127 Å². The standard InChI is InChI=1S/C17H27N3O/c1-3-19-17(16(18)21,15-10-5-4-6-11-15)13-20(2)12-14-8-7-9-14/h4-6,10-11,14,19H,3,7-9,12-13H2,1-2H3,(H2,18,21). The number of benzene rings is 1. The molecule has 1 aliphatic carbocycles. The van der Waals surface area contributed by atoms with E-state index < -0.39 is 5.54 Å². The van der Waals surface area contributed by atoms with Crippen molar-refractivity contribution in [2.45, 2.75) is 31.7 Å². The molecule has 0 aliphatic heterocycles. The summed E-state index contributed by atoms with van der Waals surface area (Å²) in [5.41, 5.74) is 5.92. The molecular formula is C17H27N3O. The number of likely N-dealkylation sites (N-methyl/N-ethyl adjacent to an activating group) is 2. The average Bonchev–Trinajstić information content (AvgIpc) is 2.43. The molecule has 0 saturated heterocycles. The van der Waals surface area contributed by atoms with Gasteiger partial charge in [0, 0.05) is 13.1 Å². The molecule has 1 atom stereocenters. The first-order valence-electron chi connectivity index (χ1n) is 7.87. The van der Waals surface area contributed by atoms with Crippen LogP contribution in [0.2, 0.25) is 0 Å². The zero-order valence-corrected chi connectivity index (χ0v) is 13.1. The van der Waals surface area contributed by atoms with Crippen LogP contribution in [0.3, 0.4) is 0 Å². The highest BCUT2D eigenvalue weighted by molar-refractivity contribution is 5.86. The Hall–Kier alpha value is -1.39. The van der Waals surface area contributed by atoms with Crippen molar-refractivity contribution >= 4 is 5.91 Å². The Kier molecular flexibility index (Phi) is 5.37. The van der Waals surface area contributed by atoms with E-state index in [0.29, 0.717) is 13.1 Å². The summed E-state index contributed by atoms with van der Waals surface area (Å²) in [6.45, 7) is 4.35. The zero-order chi connectivity index (χ0) is 15.3. The van der Waals surface area contributed by atoms with Gasteiger partial charge in [0.2, 0.25) is 5.91 Å². The van der Waals surface area contributed by atoms with E-state index in [1.54, 1.807) is 0 Å². The van der Waals surface area contributed by atoms with Crippen LogP contribution in [0.1, 0.15) is 31.7 Å². The summed E-state index contributed by atoms with van der Waals surface area (Å²) in [7, 11) is 2.08. The Bertz CT molecular complexity index is 458. The first kappa shape index (κ1) is 16.0. The Balaban J connectivity index is 2.19. The average molecular weight is 289 g/mol. The number of hydrogen-bond donors (Lipinski definition) is 2. The smallest absolute Gasteiger partial charge is 0.243 e. The molecule has 1 aromatic rings. The SMILES string of the molecule is CCNC(CN(C)CC1CCC1)(C(N)=O)c1ccccc1. The number of carbonyl (C=O) groups excluding carboxylic acids is 1. The molecule has 4 heteroatoms. The summed E-state index contributed by atoms with van der Waals surface area (Å²) in [5.74, 6) is 0.467. The fourth-order valence-electron chi connectivity index (χ4n) is 3.17. The Morgan fingerprint density at radius 3 is 2.52 bits per heavy atom. The largest absolute Gasteiger partial charge is 0.368 e. The van der Waals surface area contributed by atoms with Gasteiger partial charge in [0.25, 0.3) is 0 Å². The van der Waals surface area contributed by atoms with Crippen LogP contribution in [0.5, 0.6) is 0 Å². The van der Waals surface area contributed by atoms with Gasteiger partial charge in [-0.15, -0.1) is 0 Å². The lowest BCUT2D eigenvalue weighted by atomic mass is 9.84. The van der Waals surface area contributed by atoms with Gasteiger partial charge in [-0.25, -0.2) is 0 Å². The highest BCUT2D eigenvalue weighted by atomic mass is 16.1. The van der Waals surface area contributed by atoms with Crippen LogP contribution in [0.25, 0.3) is 0 Å². The molecule has 0 spiro atoms. The molecular weight excluding hydrogens is 262 g/mol. The predicted octanol–water partition coefficient (Wildman–Crippen LogP) is 1.71. The summed E-state index contributed by atoms with van der Waals surface area (Å²) in [6.07, 6.45) is 3.95. The highest BCUT2D eigenvalue weighted by Crippen LogP contribution is 2.28. The van der Waals surface area contributed by atoms with Gasteiger partial charge >= 0.3 is 0 Å². The number of primary amides is 1. The van der Waals surface area contributed by atoms with E-state index in [2.05, 4.69) is 17.3 Å². The molecule has 2 rings (SSSR count). The van der Waals surface area contributed by atoms with Crippen LogP contribution in [0.15, 0.2) is 30.3 Å². The quantitative estimate of drug-likeness (QED) is 0.766. The van der Waals surface area contributed by atoms with Gasteiger partial charge in [-0.2, -0.15) is 0 Å². The number of nitrogens with one attached hydrogen (secondary N) is 1. The second kappa shape index (κ2) is 7.05. The van der Waals surface area contributed by atoms with Crippen molar-refractivity contribution in [1.29, 1.82) is 0 Å². The van der Waals surface area contributed by atoms with Crippen molar-refractivity contribution in [2.75, 3.05) is 26.7 Å². The number of rotatable bonds is 8. The highest BCUT2D eigenvalue weighted by Gasteiger charge is 2.39. The topological polar surface area (TPSA) is 58.4 Å². The third-order valence-corrected chi connectivity index (χ3v) is 4.47. The minimum atomic E-state index is -0.811. The molecule has 1 aliphatic rings. The second-order valence-electron chi connectivity index (χ2n) is 6.16. The number of amides is 1. The van der Waals surface area contributed by atoms with Crippen LogP contribution >= 0.6 is 0 Å². The molecule has 0 radical (unpaired) electrons. The molecule has 21 heavy (non-hydrogen) atoms. The summed E-state index contributed by atoms with van der Waals surface area (Å²) in [6, 6.07) is 9.82. The van der Waals surface area contributed by atoms with Crippen LogP contribution < -0.4 is 11.1 Å². The van der Waals surface area contributed by atoms with Crippen molar-refractivity contribution in [3.05, 3.63) is 35.9 Å². The Morgan fingerprint density at radius 1 is 1.38 bits per heavy atom. The zero-order valence-electron chi connectivity index (χ0n) is 13.1. The van der Waals surface area contributed by atoms with Gasteiger partial charge in [-0.1, -0.05) is 43.7 Å². The van der Waals surface area contributed by atoms with Crippen molar-refractivity contribution in [1.82, 2.24) is 10.2 Å². The number of carbonyl (C=O) groups is 1. The van der Waals surface area contributed by atoms with Crippen molar-refractivity contribution in [3.8, 4) is 0 Å². The lowest BCUT2D eigenvalue weighted by Gasteiger charge is -2.38.